The Bertz CT molecular complexity index is 1220. The third-order valence-corrected chi connectivity index (χ3v) is 6.08. The first kappa shape index (κ1) is 32.9. The number of hydrogen-bond donors (Lipinski definition) is 1. The van der Waals surface area contributed by atoms with Crippen LogP contribution in [0, 0.1) is 0 Å². The van der Waals surface area contributed by atoms with Crippen molar-refractivity contribution in [3.63, 3.8) is 0 Å². The topological polar surface area (TPSA) is 103 Å². The molecule has 2 aromatic carbocycles. The normalized spacial score (nSPS) is 12.9. The second kappa shape index (κ2) is 15.5. The minimum atomic E-state index is -0.762. The van der Waals surface area contributed by atoms with Gasteiger partial charge in [-0.05, 0) is 51.8 Å². The molecule has 41 heavy (non-hydrogen) atoms. The Balaban J connectivity index is 2.67. The second-order valence-electron chi connectivity index (χ2n) is 10.4. The maximum Gasteiger partial charge on any atom is 0.412 e. The molecule has 2 atom stereocenters. The third kappa shape index (κ3) is 10.3. The largest absolute Gasteiger partial charge is 0.497 e. The molecule has 0 aliphatic heterocycles. The molecule has 0 heterocycles. The summed E-state index contributed by atoms with van der Waals surface area (Å²) in [7, 11) is 3.09. The summed E-state index contributed by atoms with van der Waals surface area (Å²) in [5, 5.41) is 2.60. The van der Waals surface area contributed by atoms with Gasteiger partial charge in [0.2, 0.25) is 0 Å². The highest BCUT2D eigenvalue weighted by atomic mass is 16.6. The molecule has 1 N–H and O–H groups in total. The van der Waals surface area contributed by atoms with Crippen molar-refractivity contribution in [1.29, 1.82) is 0 Å². The lowest BCUT2D eigenvalue weighted by molar-refractivity contribution is -0.153. The summed E-state index contributed by atoms with van der Waals surface area (Å²) in [5.74, 6) is 0.130. The number of carbonyl (C=O) groups is 3. The van der Waals surface area contributed by atoms with E-state index in [0.29, 0.717) is 29.9 Å². The lowest BCUT2D eigenvalue weighted by atomic mass is 9.96. The van der Waals surface area contributed by atoms with E-state index < -0.39 is 35.7 Å². The van der Waals surface area contributed by atoms with E-state index in [0.717, 1.165) is 5.56 Å². The standard InChI is InChI=1S/C32H42N2O7/c1-9-14-28(40-22(3)35)27(19-23-15-12-11-13-16-23)34(21-24-17-18-25(38-7)20-29(24)39-8)30(36)26(10-2)33-31(37)41-32(4,5)6/h9-13,15-18,20,27-28H,1,14,19,21H2,2-8H3,(H,33,37)/b26-10-. The molecule has 0 bridgehead atoms. The van der Waals surface area contributed by atoms with Crippen molar-refractivity contribution in [2.75, 3.05) is 14.2 Å². The van der Waals surface area contributed by atoms with E-state index in [1.165, 1.54) is 20.1 Å². The van der Waals surface area contributed by atoms with Gasteiger partial charge in [-0.3, -0.25) is 14.9 Å². The van der Waals surface area contributed by atoms with Crippen LogP contribution in [0.2, 0.25) is 0 Å². The Morgan fingerprint density at radius 3 is 2.27 bits per heavy atom. The van der Waals surface area contributed by atoms with Crippen LogP contribution in [0.25, 0.3) is 0 Å². The summed E-state index contributed by atoms with van der Waals surface area (Å²) in [6, 6.07) is 14.3. The van der Waals surface area contributed by atoms with Gasteiger partial charge in [0.05, 0.1) is 26.8 Å². The van der Waals surface area contributed by atoms with Crippen molar-refractivity contribution < 1.29 is 33.3 Å². The molecule has 0 radical (unpaired) electrons. The molecule has 0 fully saturated rings. The van der Waals surface area contributed by atoms with Gasteiger partial charge in [-0.15, -0.1) is 6.58 Å². The van der Waals surface area contributed by atoms with Crippen LogP contribution < -0.4 is 14.8 Å². The number of nitrogens with one attached hydrogen (secondary N) is 1. The van der Waals surface area contributed by atoms with Crippen LogP contribution in [0.5, 0.6) is 11.5 Å². The zero-order valence-corrected chi connectivity index (χ0v) is 25.1. The minimum Gasteiger partial charge on any atom is -0.497 e. The third-order valence-electron chi connectivity index (χ3n) is 6.08. The highest BCUT2D eigenvalue weighted by Crippen LogP contribution is 2.29. The molecule has 9 heteroatoms. The van der Waals surface area contributed by atoms with E-state index >= 15 is 0 Å². The van der Waals surface area contributed by atoms with Crippen LogP contribution in [0.4, 0.5) is 4.79 Å². The highest BCUT2D eigenvalue weighted by Gasteiger charge is 2.35. The molecule has 0 aliphatic carbocycles. The van der Waals surface area contributed by atoms with Gasteiger partial charge in [0, 0.05) is 25.0 Å². The average Bonchev–Trinajstić information content (AvgIpc) is 2.92. The number of rotatable bonds is 13. The van der Waals surface area contributed by atoms with Crippen LogP contribution >= 0.6 is 0 Å². The van der Waals surface area contributed by atoms with E-state index in [2.05, 4.69) is 11.9 Å². The number of methoxy groups -OCH3 is 2. The fourth-order valence-electron chi connectivity index (χ4n) is 4.28. The average molecular weight is 567 g/mol. The molecule has 222 valence electrons. The zero-order chi connectivity index (χ0) is 30.6. The summed E-state index contributed by atoms with van der Waals surface area (Å²) in [6.07, 6.45) is 2.34. The number of carbonyl (C=O) groups excluding carboxylic acids is 3. The molecule has 2 aromatic rings. The minimum absolute atomic E-state index is 0.0185. The van der Waals surface area contributed by atoms with Crippen molar-refractivity contribution >= 4 is 18.0 Å². The molecule has 0 saturated carbocycles. The van der Waals surface area contributed by atoms with Gasteiger partial charge in [0.1, 0.15) is 28.9 Å². The van der Waals surface area contributed by atoms with Gasteiger partial charge in [0.15, 0.2) is 0 Å². The van der Waals surface area contributed by atoms with E-state index in [1.807, 2.05) is 36.4 Å². The second-order valence-corrected chi connectivity index (χ2v) is 10.4. The lowest BCUT2D eigenvalue weighted by Crippen LogP contribution is -2.51. The SMILES string of the molecule is C=CCC(OC(C)=O)C(Cc1ccccc1)N(Cc1ccc(OC)cc1OC)C(=O)/C(=C/C)NC(=O)OC(C)(C)C. The number of hydrogen-bond acceptors (Lipinski definition) is 7. The van der Waals surface area contributed by atoms with Gasteiger partial charge in [-0.2, -0.15) is 0 Å². The van der Waals surface area contributed by atoms with E-state index in [9.17, 15) is 14.4 Å². The fraction of sp³-hybridized carbons (Fsp3) is 0.406. The van der Waals surface area contributed by atoms with Crippen molar-refractivity contribution in [2.24, 2.45) is 0 Å². The van der Waals surface area contributed by atoms with Gasteiger partial charge < -0.3 is 23.8 Å². The summed E-state index contributed by atoms with van der Waals surface area (Å²) in [6.45, 7) is 12.1. The molecule has 0 saturated heterocycles. The van der Waals surface area contributed by atoms with Crippen LogP contribution in [0.15, 0.2) is 73.0 Å². The Morgan fingerprint density at radius 1 is 1.05 bits per heavy atom. The van der Waals surface area contributed by atoms with Crippen LogP contribution in [0.3, 0.4) is 0 Å². The molecule has 0 aliphatic rings. The number of ether oxygens (including phenoxy) is 4. The Hall–Kier alpha value is -4.27. The van der Waals surface area contributed by atoms with Crippen LogP contribution in [-0.2, 0) is 32.0 Å². The predicted octanol–water partition coefficient (Wildman–Crippen LogP) is 5.58. The Labute approximate surface area is 243 Å². The summed E-state index contributed by atoms with van der Waals surface area (Å²) in [5.41, 5.74) is 0.875. The highest BCUT2D eigenvalue weighted by molar-refractivity contribution is 5.96. The summed E-state index contributed by atoms with van der Waals surface area (Å²) in [4.78, 5) is 40.7. The Kier molecular flexibility index (Phi) is 12.5. The smallest absolute Gasteiger partial charge is 0.412 e. The molecule has 2 rings (SSSR count). The fourth-order valence-corrected chi connectivity index (χ4v) is 4.28. The molecule has 0 spiro atoms. The maximum absolute atomic E-state index is 14.3. The van der Waals surface area contributed by atoms with Gasteiger partial charge in [-0.1, -0.05) is 42.5 Å². The van der Waals surface area contributed by atoms with Gasteiger partial charge in [-0.25, -0.2) is 4.79 Å². The van der Waals surface area contributed by atoms with Crippen molar-refractivity contribution in [1.82, 2.24) is 10.2 Å². The molecule has 2 amide bonds. The first-order valence-electron chi connectivity index (χ1n) is 13.4. The monoisotopic (exact) mass is 566 g/mol. The molecule has 9 nitrogen and oxygen atoms in total. The van der Waals surface area contributed by atoms with E-state index in [1.54, 1.807) is 57.9 Å². The zero-order valence-electron chi connectivity index (χ0n) is 25.1. The number of nitrogens with zero attached hydrogens (tertiary/aromatic N) is 1. The first-order chi connectivity index (χ1) is 19.4. The van der Waals surface area contributed by atoms with Crippen LogP contribution in [0.1, 0.15) is 52.2 Å². The van der Waals surface area contributed by atoms with Crippen molar-refractivity contribution in [2.45, 2.75) is 71.8 Å². The number of allylic oxidation sites excluding steroid dienone is 1. The lowest BCUT2D eigenvalue weighted by Gasteiger charge is -2.37. The van der Waals surface area contributed by atoms with E-state index in [-0.39, 0.29) is 12.2 Å². The summed E-state index contributed by atoms with van der Waals surface area (Å²) >= 11 is 0. The van der Waals surface area contributed by atoms with Gasteiger partial charge >= 0.3 is 12.1 Å². The van der Waals surface area contributed by atoms with Crippen molar-refractivity contribution in [3.8, 4) is 11.5 Å². The number of amides is 2. The quantitative estimate of drug-likeness (QED) is 0.192. The summed E-state index contributed by atoms with van der Waals surface area (Å²) < 4.78 is 22.1. The maximum atomic E-state index is 14.3. The molecule has 0 aromatic heterocycles. The van der Waals surface area contributed by atoms with Gasteiger partial charge in [0.25, 0.3) is 5.91 Å². The van der Waals surface area contributed by atoms with Crippen molar-refractivity contribution in [3.05, 3.63) is 84.1 Å². The molecule has 2 unspecified atom stereocenters. The number of alkyl carbamates (subject to hydrolysis) is 1. The number of esters is 1. The molecular weight excluding hydrogens is 524 g/mol. The predicted molar refractivity (Wildman–Crippen MR) is 158 cm³/mol. The van der Waals surface area contributed by atoms with E-state index in [4.69, 9.17) is 18.9 Å². The number of benzene rings is 2. The first-order valence-corrected chi connectivity index (χ1v) is 13.4. The Morgan fingerprint density at radius 2 is 1.73 bits per heavy atom. The molecular formula is C32H42N2O7. The van der Waals surface area contributed by atoms with Crippen LogP contribution in [-0.4, -0.2) is 54.8 Å².